The quantitative estimate of drug-likeness (QED) is 0.646. The molecule has 0 amide bonds. The molecule has 0 bridgehead atoms. The molecule has 0 spiro atoms. The third-order valence-electron chi connectivity index (χ3n) is 1.80. The molecule has 1 unspecified atom stereocenters. The molecule has 2 rings (SSSR count). The molecule has 1 aromatic carbocycles. The summed E-state index contributed by atoms with van der Waals surface area (Å²) < 4.78 is 10.3. The van der Waals surface area contributed by atoms with Crippen LogP contribution in [0.5, 0.6) is 11.5 Å². The van der Waals surface area contributed by atoms with E-state index >= 15 is 0 Å². The van der Waals surface area contributed by atoms with Gasteiger partial charge in [0.25, 0.3) is 0 Å². The molecule has 1 atom stereocenters. The zero-order valence-electron chi connectivity index (χ0n) is 6.66. The summed E-state index contributed by atoms with van der Waals surface area (Å²) in [5, 5.41) is 7.95. The first-order valence-corrected chi connectivity index (χ1v) is 4.18. The lowest BCUT2D eigenvalue weighted by atomic mass is 10.1. The average molecular weight is 196 g/mol. The van der Waals surface area contributed by atoms with Crippen molar-refractivity contribution in [1.29, 1.82) is 5.26 Å². The lowest BCUT2D eigenvalue weighted by Gasteiger charge is -2.01. The van der Waals surface area contributed by atoms with Crippen molar-refractivity contribution >= 4 is 11.6 Å². The van der Waals surface area contributed by atoms with Gasteiger partial charge < -0.3 is 9.47 Å². The minimum absolute atomic E-state index is 0.234. The molecular weight excluding hydrogens is 190 g/mol. The summed E-state index contributed by atoms with van der Waals surface area (Å²) in [5.41, 5.74) is 0.730. The maximum absolute atomic E-state index is 8.58. The molecule has 1 heterocycles. The lowest BCUT2D eigenvalue weighted by molar-refractivity contribution is 0.174. The third-order valence-corrected chi connectivity index (χ3v) is 2.15. The molecule has 1 aromatic rings. The Morgan fingerprint density at radius 3 is 2.92 bits per heavy atom. The van der Waals surface area contributed by atoms with Crippen molar-refractivity contribution in [2.45, 2.75) is 5.38 Å². The van der Waals surface area contributed by atoms with Crippen LogP contribution in [0.1, 0.15) is 10.9 Å². The number of hydrogen-bond donors (Lipinski definition) is 0. The van der Waals surface area contributed by atoms with Crippen molar-refractivity contribution in [3.05, 3.63) is 23.8 Å². The summed E-state index contributed by atoms with van der Waals surface area (Å²) >= 11 is 5.73. The Bertz CT molecular complexity index is 372. The Labute approximate surface area is 80.4 Å². The number of benzene rings is 1. The molecule has 1 aliphatic rings. The topological polar surface area (TPSA) is 42.2 Å². The summed E-state index contributed by atoms with van der Waals surface area (Å²) in [7, 11) is 0. The highest BCUT2D eigenvalue weighted by molar-refractivity contribution is 6.22. The van der Waals surface area contributed by atoms with Gasteiger partial charge in [-0.1, -0.05) is 6.07 Å². The molecule has 4 heteroatoms. The van der Waals surface area contributed by atoms with Crippen LogP contribution in [0.3, 0.4) is 0 Å². The number of hydrogen-bond acceptors (Lipinski definition) is 3. The van der Waals surface area contributed by atoms with Crippen LogP contribution in [0, 0.1) is 11.3 Å². The van der Waals surface area contributed by atoms with Crippen molar-refractivity contribution in [2.24, 2.45) is 0 Å². The van der Waals surface area contributed by atoms with E-state index in [-0.39, 0.29) is 6.79 Å². The molecule has 0 aliphatic carbocycles. The highest BCUT2D eigenvalue weighted by Crippen LogP contribution is 2.35. The Kier molecular flexibility index (Phi) is 1.99. The fraction of sp³-hybridized carbons (Fsp3) is 0.222. The lowest BCUT2D eigenvalue weighted by Crippen LogP contribution is -1.93. The van der Waals surface area contributed by atoms with Gasteiger partial charge in [0, 0.05) is 0 Å². The van der Waals surface area contributed by atoms with E-state index in [1.165, 1.54) is 0 Å². The van der Waals surface area contributed by atoms with E-state index in [9.17, 15) is 0 Å². The number of fused-ring (bicyclic) bond motifs is 1. The number of rotatable bonds is 1. The molecule has 0 aromatic heterocycles. The number of alkyl halides is 1. The zero-order valence-corrected chi connectivity index (χ0v) is 7.41. The highest BCUT2D eigenvalue weighted by Gasteiger charge is 2.15. The first kappa shape index (κ1) is 8.21. The van der Waals surface area contributed by atoms with Crippen LogP contribution in [0.15, 0.2) is 18.2 Å². The predicted molar refractivity (Wildman–Crippen MR) is 46.8 cm³/mol. The molecule has 0 saturated carbocycles. The maximum Gasteiger partial charge on any atom is 0.231 e. The van der Waals surface area contributed by atoms with Gasteiger partial charge in [0.15, 0.2) is 11.5 Å². The number of nitriles is 1. The third kappa shape index (κ3) is 1.41. The van der Waals surface area contributed by atoms with Crippen LogP contribution in [-0.2, 0) is 0 Å². The minimum atomic E-state index is -0.630. The van der Waals surface area contributed by atoms with Crippen LogP contribution in [0.25, 0.3) is 0 Å². The maximum atomic E-state index is 8.58. The van der Waals surface area contributed by atoms with Crippen molar-refractivity contribution in [2.75, 3.05) is 6.79 Å². The smallest absolute Gasteiger partial charge is 0.231 e. The van der Waals surface area contributed by atoms with Crippen LogP contribution in [-0.4, -0.2) is 6.79 Å². The summed E-state index contributed by atoms with van der Waals surface area (Å²) in [6.45, 7) is 0.234. The second-order valence-electron chi connectivity index (χ2n) is 2.60. The van der Waals surface area contributed by atoms with E-state index in [1.807, 2.05) is 6.07 Å². The van der Waals surface area contributed by atoms with Gasteiger partial charge in [-0.25, -0.2) is 0 Å². The van der Waals surface area contributed by atoms with E-state index in [1.54, 1.807) is 18.2 Å². The Morgan fingerprint density at radius 2 is 2.15 bits per heavy atom. The second kappa shape index (κ2) is 3.15. The van der Waals surface area contributed by atoms with Gasteiger partial charge >= 0.3 is 0 Å². The first-order chi connectivity index (χ1) is 6.31. The monoisotopic (exact) mass is 195 g/mol. The van der Waals surface area contributed by atoms with Crippen molar-refractivity contribution < 1.29 is 9.47 Å². The van der Waals surface area contributed by atoms with Crippen molar-refractivity contribution in [1.82, 2.24) is 0 Å². The van der Waals surface area contributed by atoms with Crippen molar-refractivity contribution in [3.8, 4) is 17.6 Å². The van der Waals surface area contributed by atoms with E-state index in [2.05, 4.69) is 0 Å². The van der Waals surface area contributed by atoms with Crippen molar-refractivity contribution in [3.63, 3.8) is 0 Å². The van der Waals surface area contributed by atoms with Gasteiger partial charge in [-0.2, -0.15) is 5.26 Å². The van der Waals surface area contributed by atoms with E-state index in [4.69, 9.17) is 26.3 Å². The van der Waals surface area contributed by atoms with Crippen LogP contribution in [0.4, 0.5) is 0 Å². The predicted octanol–water partition coefficient (Wildman–Crippen LogP) is 2.22. The first-order valence-electron chi connectivity index (χ1n) is 3.74. The van der Waals surface area contributed by atoms with Gasteiger partial charge in [0.1, 0.15) is 5.38 Å². The largest absolute Gasteiger partial charge is 0.454 e. The molecule has 66 valence electrons. The molecule has 0 fully saturated rings. The zero-order chi connectivity index (χ0) is 9.26. The number of nitrogens with zero attached hydrogens (tertiary/aromatic N) is 1. The summed E-state index contributed by atoms with van der Waals surface area (Å²) in [6.07, 6.45) is 0. The summed E-state index contributed by atoms with van der Waals surface area (Å²) in [6, 6.07) is 7.18. The van der Waals surface area contributed by atoms with Gasteiger partial charge in [-0.3, -0.25) is 0 Å². The molecule has 1 aliphatic heterocycles. The van der Waals surface area contributed by atoms with E-state index < -0.39 is 5.38 Å². The molecule has 13 heavy (non-hydrogen) atoms. The van der Waals surface area contributed by atoms with Gasteiger partial charge in [0.2, 0.25) is 6.79 Å². The molecule has 0 radical (unpaired) electrons. The van der Waals surface area contributed by atoms with Crippen LogP contribution in [0.2, 0.25) is 0 Å². The summed E-state index contributed by atoms with van der Waals surface area (Å²) in [5.74, 6) is 1.35. The highest BCUT2D eigenvalue weighted by atomic mass is 35.5. The normalized spacial score (nSPS) is 15.1. The Hall–Kier alpha value is -1.40. The molecule has 0 N–H and O–H groups in total. The minimum Gasteiger partial charge on any atom is -0.454 e. The van der Waals surface area contributed by atoms with Crippen LogP contribution < -0.4 is 9.47 Å². The van der Waals surface area contributed by atoms with Gasteiger partial charge in [-0.15, -0.1) is 11.6 Å². The van der Waals surface area contributed by atoms with Gasteiger partial charge in [0.05, 0.1) is 6.07 Å². The average Bonchev–Trinajstić information content (AvgIpc) is 2.63. The molecule has 0 saturated heterocycles. The number of ether oxygens (including phenoxy) is 2. The van der Waals surface area contributed by atoms with Gasteiger partial charge in [-0.05, 0) is 17.7 Å². The van der Waals surface area contributed by atoms with E-state index in [0.29, 0.717) is 11.5 Å². The van der Waals surface area contributed by atoms with Crippen LogP contribution >= 0.6 is 11.6 Å². The van der Waals surface area contributed by atoms with E-state index in [0.717, 1.165) is 5.56 Å². The Morgan fingerprint density at radius 1 is 1.38 bits per heavy atom. The molecule has 3 nitrogen and oxygen atoms in total. The second-order valence-corrected chi connectivity index (χ2v) is 3.04. The Balaban J connectivity index is 2.37. The number of halogens is 1. The fourth-order valence-corrected chi connectivity index (χ4v) is 1.28. The SMILES string of the molecule is N#CC(Cl)c1ccc2c(c1)OCO2. The fourth-order valence-electron chi connectivity index (χ4n) is 1.15. The summed E-state index contributed by atoms with van der Waals surface area (Å²) in [4.78, 5) is 0. The standard InChI is InChI=1S/C9H6ClNO2/c10-7(4-11)6-1-2-8-9(3-6)13-5-12-8/h1-3,7H,5H2. The molecular formula is C9H6ClNO2.